The smallest absolute Gasteiger partial charge is 0.115 e. The van der Waals surface area contributed by atoms with Gasteiger partial charge in [0.15, 0.2) is 0 Å². The molecule has 2 rings (SSSR count). The molecule has 0 bridgehead atoms. The molecule has 0 aliphatic heterocycles. The van der Waals surface area contributed by atoms with Gasteiger partial charge in [0.2, 0.25) is 0 Å². The average Bonchev–Trinajstić information content (AvgIpc) is 2.71. The molecule has 2 fully saturated rings. The third-order valence-corrected chi connectivity index (χ3v) is 5.22. The maximum atomic E-state index is 9.82. The second-order valence-electron chi connectivity index (χ2n) is 7.19. The number of rotatable bonds is 8. The lowest BCUT2D eigenvalue weighted by atomic mass is 9.85. The molecule has 0 radical (unpaired) electrons. The number of aliphatic hydroxyl groups is 10. The monoisotopic (exact) mass is 430 g/mol. The van der Waals surface area contributed by atoms with E-state index in [0.717, 1.165) is 0 Å². The Balaban J connectivity index is 1.66. The molecule has 2 aliphatic rings. The lowest BCUT2D eigenvalue weighted by Gasteiger charge is -2.41. The fraction of sp³-hybridized carbons (Fsp3) is 1.00. The van der Waals surface area contributed by atoms with E-state index in [9.17, 15) is 51.1 Å². The second-order valence-corrected chi connectivity index (χ2v) is 7.19. The van der Waals surface area contributed by atoms with Gasteiger partial charge in [-0.3, -0.25) is 0 Å². The van der Waals surface area contributed by atoms with Crippen LogP contribution in [0.5, 0.6) is 0 Å². The van der Waals surface area contributed by atoms with Crippen LogP contribution in [-0.4, -0.2) is 151 Å². The van der Waals surface area contributed by atoms with Crippen LogP contribution in [0.25, 0.3) is 0 Å². The highest BCUT2D eigenvalue weighted by Crippen LogP contribution is 2.25. The third kappa shape index (κ3) is 5.40. The van der Waals surface area contributed by atoms with Crippen LogP contribution in [0.15, 0.2) is 0 Å². The molecule has 172 valence electrons. The SMILES string of the molecule is O[C@H]1[C@@H](O)[C@H](O)[C@@H](OCCOCCO[C@H]2[C@H](O)[C@@H](O)[C@@H](O)[C@@H](O)[C@@H]2O)[C@H](O)[C@H]1O. The van der Waals surface area contributed by atoms with E-state index in [0.29, 0.717) is 0 Å². The first-order chi connectivity index (χ1) is 13.6. The van der Waals surface area contributed by atoms with Crippen molar-refractivity contribution in [2.45, 2.75) is 73.2 Å². The number of ether oxygens (including phenoxy) is 3. The van der Waals surface area contributed by atoms with Gasteiger partial charge in [-0.1, -0.05) is 0 Å². The van der Waals surface area contributed by atoms with Crippen LogP contribution in [0.1, 0.15) is 0 Å². The van der Waals surface area contributed by atoms with Gasteiger partial charge in [0.1, 0.15) is 73.2 Å². The molecular weight excluding hydrogens is 400 g/mol. The van der Waals surface area contributed by atoms with E-state index in [1.807, 2.05) is 0 Å². The van der Waals surface area contributed by atoms with Crippen molar-refractivity contribution in [1.29, 1.82) is 0 Å². The molecular formula is C16H30O13. The van der Waals surface area contributed by atoms with Crippen LogP contribution in [0.3, 0.4) is 0 Å². The summed E-state index contributed by atoms with van der Waals surface area (Å²) in [5.41, 5.74) is 0. The van der Waals surface area contributed by atoms with Crippen molar-refractivity contribution in [3.05, 3.63) is 0 Å². The van der Waals surface area contributed by atoms with Crippen molar-refractivity contribution in [2.75, 3.05) is 26.4 Å². The second kappa shape index (κ2) is 10.7. The van der Waals surface area contributed by atoms with E-state index in [1.54, 1.807) is 0 Å². The van der Waals surface area contributed by atoms with E-state index in [2.05, 4.69) is 0 Å². The summed E-state index contributed by atoms with van der Waals surface area (Å²) in [7, 11) is 0. The summed E-state index contributed by atoms with van der Waals surface area (Å²) < 4.78 is 15.6. The minimum atomic E-state index is -1.71. The molecule has 29 heavy (non-hydrogen) atoms. The Morgan fingerprint density at radius 1 is 0.345 bits per heavy atom. The molecule has 0 unspecified atom stereocenters. The summed E-state index contributed by atoms with van der Waals surface area (Å²) in [5.74, 6) is 0. The summed E-state index contributed by atoms with van der Waals surface area (Å²) in [4.78, 5) is 0. The normalized spacial score (nSPS) is 48.6. The first kappa shape index (κ1) is 24.7. The first-order valence-corrected chi connectivity index (χ1v) is 9.21. The van der Waals surface area contributed by atoms with E-state index >= 15 is 0 Å². The third-order valence-electron chi connectivity index (χ3n) is 5.22. The molecule has 10 N–H and O–H groups in total. The average molecular weight is 430 g/mol. The Labute approximate surface area is 165 Å². The van der Waals surface area contributed by atoms with Crippen molar-refractivity contribution in [2.24, 2.45) is 0 Å². The van der Waals surface area contributed by atoms with Crippen LogP contribution in [-0.2, 0) is 14.2 Å². The molecule has 2 saturated carbocycles. The predicted octanol–water partition coefficient (Wildman–Crippen LogP) is -6.59. The van der Waals surface area contributed by atoms with Gasteiger partial charge in [-0.2, -0.15) is 0 Å². The van der Waals surface area contributed by atoms with Gasteiger partial charge in [0.25, 0.3) is 0 Å². The van der Waals surface area contributed by atoms with Gasteiger partial charge in [-0.05, 0) is 0 Å². The predicted molar refractivity (Wildman–Crippen MR) is 90.4 cm³/mol. The van der Waals surface area contributed by atoms with Crippen LogP contribution < -0.4 is 0 Å². The zero-order chi connectivity index (χ0) is 21.9. The number of hydrogen-bond acceptors (Lipinski definition) is 13. The van der Waals surface area contributed by atoms with Crippen LogP contribution in [0.4, 0.5) is 0 Å². The van der Waals surface area contributed by atoms with Gasteiger partial charge < -0.3 is 65.3 Å². The molecule has 0 saturated heterocycles. The van der Waals surface area contributed by atoms with Crippen molar-refractivity contribution in [1.82, 2.24) is 0 Å². The first-order valence-electron chi connectivity index (χ1n) is 9.21. The fourth-order valence-corrected chi connectivity index (χ4v) is 3.38. The molecule has 0 heterocycles. The Bertz CT molecular complexity index is 421. The van der Waals surface area contributed by atoms with Crippen molar-refractivity contribution in [3.8, 4) is 0 Å². The largest absolute Gasteiger partial charge is 0.387 e. The molecule has 0 spiro atoms. The molecule has 0 aromatic heterocycles. The van der Waals surface area contributed by atoms with Crippen LogP contribution >= 0.6 is 0 Å². The highest BCUT2D eigenvalue weighted by Gasteiger charge is 2.49. The van der Waals surface area contributed by atoms with E-state index < -0.39 is 73.2 Å². The summed E-state index contributed by atoms with van der Waals surface area (Å²) in [6.45, 7) is -0.388. The van der Waals surface area contributed by atoms with Crippen molar-refractivity contribution in [3.63, 3.8) is 0 Å². The van der Waals surface area contributed by atoms with Crippen LogP contribution in [0, 0.1) is 0 Å². The molecule has 0 amide bonds. The molecule has 2 aliphatic carbocycles. The van der Waals surface area contributed by atoms with Gasteiger partial charge in [-0.15, -0.1) is 0 Å². The van der Waals surface area contributed by atoms with E-state index in [1.165, 1.54) is 0 Å². The highest BCUT2D eigenvalue weighted by atomic mass is 16.6. The van der Waals surface area contributed by atoms with Crippen molar-refractivity contribution >= 4 is 0 Å². The standard InChI is InChI=1S/C16H30O13/c17-5-7(19)11(23)15(12(24)8(5)20)28-3-1-27-2-4-29-16-13(25)9(21)6(18)10(22)14(16)26/h5-26H,1-4H2/t5-,6-,7+,8-,9+,10-,11-,12+,13-,14+,15+,16+. The minimum Gasteiger partial charge on any atom is -0.387 e. The summed E-state index contributed by atoms with van der Waals surface area (Å²) in [6, 6.07) is 0. The van der Waals surface area contributed by atoms with Gasteiger partial charge >= 0.3 is 0 Å². The maximum Gasteiger partial charge on any atom is 0.115 e. The molecule has 12 atom stereocenters. The topological polar surface area (TPSA) is 230 Å². The zero-order valence-corrected chi connectivity index (χ0v) is 15.5. The van der Waals surface area contributed by atoms with E-state index in [-0.39, 0.29) is 26.4 Å². The quantitative estimate of drug-likeness (QED) is 0.162. The van der Waals surface area contributed by atoms with Crippen LogP contribution in [0.2, 0.25) is 0 Å². The maximum absolute atomic E-state index is 9.82. The number of aliphatic hydroxyl groups excluding tert-OH is 10. The van der Waals surface area contributed by atoms with Gasteiger partial charge in [-0.25, -0.2) is 0 Å². The lowest BCUT2D eigenvalue weighted by Crippen LogP contribution is -2.64. The molecule has 0 aromatic rings. The highest BCUT2D eigenvalue weighted by molar-refractivity contribution is 5.00. The molecule has 0 aromatic carbocycles. The Kier molecular flexibility index (Phi) is 9.11. The Hall–Kier alpha value is -0.520. The molecule has 13 nitrogen and oxygen atoms in total. The lowest BCUT2D eigenvalue weighted by molar-refractivity contribution is -0.240. The minimum absolute atomic E-state index is 0.0478. The molecule has 13 heteroatoms. The van der Waals surface area contributed by atoms with E-state index in [4.69, 9.17) is 14.2 Å². The number of hydrogen-bond donors (Lipinski definition) is 10. The van der Waals surface area contributed by atoms with Crippen molar-refractivity contribution < 1.29 is 65.3 Å². The fourth-order valence-electron chi connectivity index (χ4n) is 3.38. The van der Waals surface area contributed by atoms with Gasteiger partial charge in [0.05, 0.1) is 26.4 Å². The Morgan fingerprint density at radius 2 is 0.586 bits per heavy atom. The summed E-state index contributed by atoms with van der Waals surface area (Å²) >= 11 is 0. The summed E-state index contributed by atoms with van der Waals surface area (Å²) in [6.07, 6.45) is -19.3. The Morgan fingerprint density at radius 3 is 0.862 bits per heavy atom. The summed E-state index contributed by atoms with van der Waals surface area (Å²) in [5, 5.41) is 96.6. The van der Waals surface area contributed by atoms with Gasteiger partial charge in [0, 0.05) is 0 Å². The zero-order valence-electron chi connectivity index (χ0n) is 15.5.